The number of benzene rings is 2. The summed E-state index contributed by atoms with van der Waals surface area (Å²) in [4.78, 5) is 40.5. The van der Waals surface area contributed by atoms with Gasteiger partial charge in [0.15, 0.2) is 0 Å². The number of anilines is 2. The molecule has 0 fully saturated rings. The lowest BCUT2D eigenvalue weighted by Crippen LogP contribution is -2.32. The van der Waals surface area contributed by atoms with Gasteiger partial charge in [-0.1, -0.05) is 37.2 Å². The van der Waals surface area contributed by atoms with E-state index in [0.717, 1.165) is 28.5 Å². The number of aromatic nitrogens is 2. The van der Waals surface area contributed by atoms with Crippen LogP contribution in [0.15, 0.2) is 53.7 Å². The van der Waals surface area contributed by atoms with Crippen LogP contribution >= 0.6 is 12.4 Å². The normalized spacial score (nSPS) is 12.9. The van der Waals surface area contributed by atoms with Crippen LogP contribution in [0.5, 0.6) is 0 Å². The second-order valence-electron chi connectivity index (χ2n) is 8.22. The van der Waals surface area contributed by atoms with Crippen molar-refractivity contribution >= 4 is 41.3 Å². The first-order chi connectivity index (χ1) is 15.9. The van der Waals surface area contributed by atoms with Crippen molar-refractivity contribution in [1.82, 2.24) is 9.97 Å². The number of H-pyrrole nitrogens is 1. The van der Waals surface area contributed by atoms with Crippen molar-refractivity contribution in [3.8, 4) is 11.3 Å². The first-order valence-corrected chi connectivity index (χ1v) is 10.9. The van der Waals surface area contributed by atoms with E-state index < -0.39 is 0 Å². The Hall–Kier alpha value is -3.65. The minimum Gasteiger partial charge on any atom is -0.399 e. The van der Waals surface area contributed by atoms with Gasteiger partial charge in [-0.15, -0.1) is 12.4 Å². The predicted octanol–water partition coefficient (Wildman–Crippen LogP) is 4.61. The lowest BCUT2D eigenvalue weighted by Gasteiger charge is -2.23. The van der Waals surface area contributed by atoms with Crippen molar-refractivity contribution in [2.24, 2.45) is 11.1 Å². The van der Waals surface area contributed by atoms with Crippen molar-refractivity contribution in [1.29, 1.82) is 0 Å². The number of aromatic amines is 1. The molecule has 2 amide bonds. The SMILES string of the molecule is CON=C(C(=O)Nc1ccc(C(=O)N2CCc3[nH]c(C)nc3-c3ccccc32)cc1)C(C)C.Cl. The molecule has 2 N–H and O–H groups in total. The molecule has 1 aliphatic heterocycles. The van der Waals surface area contributed by atoms with Crippen LogP contribution in [0.2, 0.25) is 0 Å². The number of nitrogens with zero attached hydrogens (tertiary/aromatic N) is 3. The van der Waals surface area contributed by atoms with Gasteiger partial charge in [0.1, 0.15) is 18.6 Å². The highest BCUT2D eigenvalue weighted by Crippen LogP contribution is 2.35. The van der Waals surface area contributed by atoms with Gasteiger partial charge in [-0.2, -0.15) is 0 Å². The van der Waals surface area contributed by atoms with Gasteiger partial charge >= 0.3 is 0 Å². The van der Waals surface area contributed by atoms with Crippen molar-refractivity contribution in [3.63, 3.8) is 0 Å². The number of carbonyl (C=O) groups is 2. The number of fused-ring (bicyclic) bond motifs is 3. The molecule has 0 radical (unpaired) electrons. The zero-order valence-electron chi connectivity index (χ0n) is 19.6. The maximum Gasteiger partial charge on any atom is 0.273 e. The van der Waals surface area contributed by atoms with E-state index in [9.17, 15) is 9.59 Å². The Labute approximate surface area is 204 Å². The molecule has 9 heteroatoms. The van der Waals surface area contributed by atoms with Crippen molar-refractivity contribution in [2.75, 3.05) is 23.9 Å². The number of aryl methyl sites for hydroxylation is 1. The third kappa shape index (κ3) is 4.97. The Kier molecular flexibility index (Phi) is 7.73. The van der Waals surface area contributed by atoms with Crippen molar-refractivity contribution < 1.29 is 14.4 Å². The van der Waals surface area contributed by atoms with E-state index in [-0.39, 0.29) is 30.1 Å². The molecular weight excluding hydrogens is 454 g/mol. The molecule has 1 aromatic heterocycles. The first-order valence-electron chi connectivity index (χ1n) is 10.9. The summed E-state index contributed by atoms with van der Waals surface area (Å²) < 4.78 is 0. The second-order valence-corrected chi connectivity index (χ2v) is 8.22. The van der Waals surface area contributed by atoms with Gasteiger partial charge in [0, 0.05) is 41.4 Å². The molecule has 0 unspecified atom stereocenters. The zero-order valence-corrected chi connectivity index (χ0v) is 20.4. The van der Waals surface area contributed by atoms with Crippen molar-refractivity contribution in [2.45, 2.75) is 27.2 Å². The molecular formula is C25H28ClN5O3. The summed E-state index contributed by atoms with van der Waals surface area (Å²) in [6.45, 7) is 6.20. The van der Waals surface area contributed by atoms with E-state index in [4.69, 9.17) is 4.84 Å². The Balaban J connectivity index is 0.00000324. The van der Waals surface area contributed by atoms with E-state index >= 15 is 0 Å². The number of amides is 2. The summed E-state index contributed by atoms with van der Waals surface area (Å²) in [5.41, 5.74) is 5.11. The minimum absolute atomic E-state index is 0. The van der Waals surface area contributed by atoms with Crippen LogP contribution in [-0.4, -0.2) is 41.1 Å². The molecule has 178 valence electrons. The second kappa shape index (κ2) is 10.5. The van der Waals surface area contributed by atoms with E-state index in [2.05, 4.69) is 20.4 Å². The first kappa shape index (κ1) is 25.0. The quantitative estimate of drug-likeness (QED) is 0.410. The minimum atomic E-state index is -0.337. The molecule has 2 heterocycles. The van der Waals surface area contributed by atoms with Gasteiger partial charge in [-0.05, 0) is 37.3 Å². The number of nitrogens with one attached hydrogen (secondary N) is 2. The van der Waals surface area contributed by atoms with Crippen LogP contribution in [0.25, 0.3) is 11.3 Å². The Morgan fingerprint density at radius 1 is 1.15 bits per heavy atom. The average Bonchev–Trinajstić information content (AvgIpc) is 3.11. The number of hydrogen-bond acceptors (Lipinski definition) is 5. The van der Waals surface area contributed by atoms with E-state index in [0.29, 0.717) is 29.9 Å². The van der Waals surface area contributed by atoms with E-state index in [1.54, 1.807) is 29.2 Å². The Morgan fingerprint density at radius 2 is 1.85 bits per heavy atom. The predicted molar refractivity (Wildman–Crippen MR) is 136 cm³/mol. The molecule has 8 nitrogen and oxygen atoms in total. The van der Waals surface area contributed by atoms with Gasteiger partial charge in [-0.25, -0.2) is 4.98 Å². The highest BCUT2D eigenvalue weighted by molar-refractivity contribution is 6.43. The summed E-state index contributed by atoms with van der Waals surface area (Å²) in [6, 6.07) is 14.7. The number of hydrogen-bond donors (Lipinski definition) is 2. The standard InChI is InChI=1S/C25H27N5O3.ClH/c1-15(2)22(29-33-4)24(31)28-18-11-9-17(10-12-18)25(32)30-14-13-20-23(27-16(3)26-20)19-7-5-6-8-21(19)30;/h5-12,15H,13-14H2,1-4H3,(H,26,27)(H,28,31);1H. The van der Waals surface area contributed by atoms with Crippen molar-refractivity contribution in [3.05, 3.63) is 65.6 Å². The van der Waals surface area contributed by atoms with Crippen LogP contribution < -0.4 is 10.2 Å². The number of rotatable bonds is 5. The highest BCUT2D eigenvalue weighted by Gasteiger charge is 2.27. The molecule has 0 saturated carbocycles. The topological polar surface area (TPSA) is 99.7 Å². The summed E-state index contributed by atoms with van der Waals surface area (Å²) >= 11 is 0. The lowest BCUT2D eigenvalue weighted by molar-refractivity contribution is -0.110. The van der Waals surface area contributed by atoms with Crippen LogP contribution in [0.3, 0.4) is 0 Å². The molecule has 0 bridgehead atoms. The van der Waals surface area contributed by atoms with Crippen LogP contribution in [0.4, 0.5) is 11.4 Å². The molecule has 3 aromatic rings. The number of para-hydroxylation sites is 1. The molecule has 34 heavy (non-hydrogen) atoms. The molecule has 1 aliphatic rings. The molecule has 0 aliphatic carbocycles. The zero-order chi connectivity index (χ0) is 23.5. The summed E-state index contributed by atoms with van der Waals surface area (Å²) in [7, 11) is 1.41. The van der Waals surface area contributed by atoms with Gasteiger partial charge in [0.2, 0.25) is 0 Å². The molecule has 2 aromatic carbocycles. The van der Waals surface area contributed by atoms with Crippen LogP contribution in [0, 0.1) is 12.8 Å². The fourth-order valence-electron chi connectivity index (χ4n) is 3.96. The number of imidazole rings is 1. The average molecular weight is 482 g/mol. The number of oxime groups is 1. The van der Waals surface area contributed by atoms with Gasteiger partial charge < -0.3 is 20.0 Å². The largest absolute Gasteiger partial charge is 0.399 e. The summed E-state index contributed by atoms with van der Waals surface area (Å²) in [5.74, 6) is 0.331. The maximum atomic E-state index is 13.4. The highest BCUT2D eigenvalue weighted by atomic mass is 35.5. The van der Waals surface area contributed by atoms with Crippen LogP contribution in [0.1, 0.15) is 35.7 Å². The van der Waals surface area contributed by atoms with E-state index in [1.165, 1.54) is 7.11 Å². The van der Waals surface area contributed by atoms with E-state index in [1.807, 2.05) is 45.0 Å². The summed E-state index contributed by atoms with van der Waals surface area (Å²) in [6.07, 6.45) is 0.682. The van der Waals surface area contributed by atoms with Gasteiger partial charge in [0.05, 0.1) is 11.4 Å². The third-order valence-electron chi connectivity index (χ3n) is 5.54. The summed E-state index contributed by atoms with van der Waals surface area (Å²) in [5, 5.41) is 6.62. The Morgan fingerprint density at radius 3 is 2.53 bits per heavy atom. The van der Waals surface area contributed by atoms with Gasteiger partial charge in [0.25, 0.3) is 11.8 Å². The third-order valence-corrected chi connectivity index (χ3v) is 5.54. The Bertz CT molecular complexity index is 1220. The number of halogens is 1. The van der Waals surface area contributed by atoms with Gasteiger partial charge in [-0.3, -0.25) is 9.59 Å². The molecule has 0 saturated heterocycles. The fourth-order valence-corrected chi connectivity index (χ4v) is 3.96. The molecule has 0 atom stereocenters. The number of carbonyl (C=O) groups excluding carboxylic acids is 2. The smallest absolute Gasteiger partial charge is 0.273 e. The fraction of sp³-hybridized carbons (Fsp3) is 0.280. The monoisotopic (exact) mass is 481 g/mol. The lowest BCUT2D eigenvalue weighted by atomic mass is 10.1. The molecule has 0 spiro atoms. The maximum absolute atomic E-state index is 13.4. The van der Waals surface area contributed by atoms with Crippen LogP contribution in [-0.2, 0) is 16.1 Å². The molecule has 4 rings (SSSR count).